The molecule has 0 fully saturated rings. The van der Waals surface area contributed by atoms with Gasteiger partial charge in [-0.25, -0.2) is 0 Å². The quantitative estimate of drug-likeness (QED) is 0.762. The lowest BCUT2D eigenvalue weighted by Crippen LogP contribution is -2.15. The Hall–Kier alpha value is -1.12. The molecule has 0 amide bonds. The molecule has 0 saturated heterocycles. The Labute approximate surface area is 110 Å². The van der Waals surface area contributed by atoms with Crippen molar-refractivity contribution in [2.24, 2.45) is 0 Å². The lowest BCUT2D eigenvalue weighted by atomic mass is 9.95. The molecule has 0 N–H and O–H groups in total. The van der Waals surface area contributed by atoms with Crippen LogP contribution in [0.1, 0.15) is 22.8 Å². The second-order valence-electron chi connectivity index (χ2n) is 4.33. The van der Waals surface area contributed by atoms with Crippen molar-refractivity contribution in [3.8, 4) is 0 Å². The fourth-order valence-corrected chi connectivity index (χ4v) is 2.68. The Morgan fingerprint density at radius 3 is 2.65 bits per heavy atom. The molecule has 1 unspecified atom stereocenters. The molecule has 1 aliphatic heterocycles. The monoisotopic (exact) mass is 288 g/mol. The first-order valence-corrected chi connectivity index (χ1v) is 6.56. The number of hydrogen-bond acceptors (Lipinski definition) is 1. The molecule has 0 aromatic heterocycles. The lowest BCUT2D eigenvalue weighted by Gasteiger charge is -2.25. The van der Waals surface area contributed by atoms with E-state index in [-0.39, 0.29) is 6.10 Å². The maximum atomic E-state index is 5.92. The van der Waals surface area contributed by atoms with E-state index >= 15 is 0 Å². The number of hydrogen-bond donors (Lipinski definition) is 0. The standard InChI is InChI=1S/C15H13BrO/c16-14-7-3-6-12(8-14)15-9-11-4-1-2-5-13(11)10-17-15/h1-8,15H,9-10H2. The molecule has 17 heavy (non-hydrogen) atoms. The zero-order valence-electron chi connectivity index (χ0n) is 9.40. The highest BCUT2D eigenvalue weighted by atomic mass is 79.9. The summed E-state index contributed by atoms with van der Waals surface area (Å²) in [6, 6.07) is 16.9. The molecular weight excluding hydrogens is 276 g/mol. The number of benzene rings is 2. The minimum absolute atomic E-state index is 0.183. The summed E-state index contributed by atoms with van der Waals surface area (Å²) in [7, 11) is 0. The molecule has 1 heterocycles. The highest BCUT2D eigenvalue weighted by molar-refractivity contribution is 9.10. The van der Waals surface area contributed by atoms with Gasteiger partial charge in [0.2, 0.25) is 0 Å². The van der Waals surface area contributed by atoms with E-state index in [9.17, 15) is 0 Å². The fourth-order valence-electron chi connectivity index (χ4n) is 2.27. The highest BCUT2D eigenvalue weighted by Crippen LogP contribution is 2.31. The Bertz CT molecular complexity index is 536. The maximum Gasteiger partial charge on any atom is 0.0870 e. The number of ether oxygens (including phenoxy) is 1. The predicted octanol–water partition coefficient (Wildman–Crippen LogP) is 4.26. The minimum Gasteiger partial charge on any atom is -0.368 e. The Morgan fingerprint density at radius 2 is 1.82 bits per heavy atom. The van der Waals surface area contributed by atoms with Gasteiger partial charge in [0.25, 0.3) is 0 Å². The van der Waals surface area contributed by atoms with E-state index in [0.29, 0.717) is 6.61 Å². The summed E-state index contributed by atoms with van der Waals surface area (Å²) in [5, 5.41) is 0. The molecule has 0 aliphatic carbocycles. The molecule has 86 valence electrons. The van der Waals surface area contributed by atoms with Crippen molar-refractivity contribution in [2.45, 2.75) is 19.1 Å². The summed E-state index contributed by atoms with van der Waals surface area (Å²) in [5.74, 6) is 0. The molecule has 2 aromatic rings. The predicted molar refractivity (Wildman–Crippen MR) is 71.8 cm³/mol. The molecule has 0 saturated carbocycles. The highest BCUT2D eigenvalue weighted by Gasteiger charge is 2.20. The summed E-state index contributed by atoms with van der Waals surface area (Å²) in [6.07, 6.45) is 1.15. The van der Waals surface area contributed by atoms with Gasteiger partial charge >= 0.3 is 0 Å². The maximum absolute atomic E-state index is 5.92. The van der Waals surface area contributed by atoms with Crippen LogP contribution in [0.4, 0.5) is 0 Å². The summed E-state index contributed by atoms with van der Waals surface area (Å²) in [4.78, 5) is 0. The van der Waals surface area contributed by atoms with Crippen LogP contribution in [0.15, 0.2) is 53.0 Å². The SMILES string of the molecule is Brc1cccc(C2Cc3ccccc3CO2)c1. The Morgan fingerprint density at radius 1 is 1.00 bits per heavy atom. The third kappa shape index (κ3) is 2.28. The summed E-state index contributed by atoms with van der Waals surface area (Å²) >= 11 is 3.50. The van der Waals surface area contributed by atoms with Gasteiger partial charge in [-0.05, 0) is 28.8 Å². The van der Waals surface area contributed by atoms with Gasteiger partial charge < -0.3 is 4.74 Å². The normalized spacial score (nSPS) is 18.8. The van der Waals surface area contributed by atoms with Crippen molar-refractivity contribution in [3.63, 3.8) is 0 Å². The Balaban J connectivity index is 1.89. The second kappa shape index (κ2) is 4.63. The molecule has 2 heteroatoms. The van der Waals surface area contributed by atoms with Crippen LogP contribution < -0.4 is 0 Å². The van der Waals surface area contributed by atoms with Crippen LogP contribution in [0.3, 0.4) is 0 Å². The van der Waals surface area contributed by atoms with Crippen molar-refractivity contribution in [1.29, 1.82) is 0 Å². The van der Waals surface area contributed by atoms with Crippen LogP contribution in [0.2, 0.25) is 0 Å². The first kappa shape index (κ1) is 11.0. The van der Waals surface area contributed by atoms with Gasteiger partial charge in [0.1, 0.15) is 0 Å². The third-order valence-electron chi connectivity index (χ3n) is 3.18. The van der Waals surface area contributed by atoms with Gasteiger partial charge in [-0.15, -0.1) is 0 Å². The van der Waals surface area contributed by atoms with Gasteiger partial charge in [-0.3, -0.25) is 0 Å². The van der Waals surface area contributed by atoms with Gasteiger partial charge in [0.15, 0.2) is 0 Å². The van der Waals surface area contributed by atoms with Crippen LogP contribution >= 0.6 is 15.9 Å². The van der Waals surface area contributed by atoms with Crippen molar-refractivity contribution >= 4 is 15.9 Å². The largest absolute Gasteiger partial charge is 0.368 e. The van der Waals surface area contributed by atoms with Crippen LogP contribution in [-0.2, 0) is 17.8 Å². The van der Waals surface area contributed by atoms with Gasteiger partial charge in [-0.2, -0.15) is 0 Å². The smallest absolute Gasteiger partial charge is 0.0870 e. The molecule has 1 aliphatic rings. The number of fused-ring (bicyclic) bond motifs is 1. The summed E-state index contributed by atoms with van der Waals surface area (Å²) < 4.78 is 7.03. The molecule has 0 bridgehead atoms. The van der Waals surface area contributed by atoms with Crippen LogP contribution in [0.5, 0.6) is 0 Å². The van der Waals surface area contributed by atoms with Crippen LogP contribution in [0.25, 0.3) is 0 Å². The minimum atomic E-state index is 0.183. The molecule has 2 aromatic carbocycles. The first-order valence-electron chi connectivity index (χ1n) is 5.77. The molecule has 0 radical (unpaired) electrons. The van der Waals surface area contributed by atoms with Gasteiger partial charge in [0, 0.05) is 10.9 Å². The van der Waals surface area contributed by atoms with Crippen molar-refractivity contribution in [3.05, 3.63) is 69.7 Å². The van der Waals surface area contributed by atoms with Gasteiger partial charge in [-0.1, -0.05) is 52.3 Å². The Kier molecular flexibility index (Phi) is 3.00. The van der Waals surface area contributed by atoms with E-state index in [1.165, 1.54) is 16.7 Å². The van der Waals surface area contributed by atoms with Crippen molar-refractivity contribution in [1.82, 2.24) is 0 Å². The molecular formula is C15H13BrO. The molecule has 1 nitrogen and oxygen atoms in total. The average molecular weight is 289 g/mol. The first-order chi connectivity index (χ1) is 8.33. The molecule has 1 atom stereocenters. The van der Waals surface area contributed by atoms with Crippen LogP contribution in [-0.4, -0.2) is 0 Å². The third-order valence-corrected chi connectivity index (χ3v) is 3.68. The summed E-state index contributed by atoms with van der Waals surface area (Å²) in [5.41, 5.74) is 3.97. The molecule has 3 rings (SSSR count). The van der Waals surface area contributed by atoms with E-state index in [4.69, 9.17) is 4.74 Å². The van der Waals surface area contributed by atoms with E-state index in [1.807, 2.05) is 6.07 Å². The van der Waals surface area contributed by atoms with E-state index in [1.54, 1.807) is 0 Å². The van der Waals surface area contributed by atoms with Gasteiger partial charge in [0.05, 0.1) is 12.7 Å². The average Bonchev–Trinajstić information content (AvgIpc) is 2.38. The fraction of sp³-hybridized carbons (Fsp3) is 0.200. The topological polar surface area (TPSA) is 9.23 Å². The zero-order chi connectivity index (χ0) is 11.7. The lowest BCUT2D eigenvalue weighted by molar-refractivity contribution is 0.0274. The van der Waals surface area contributed by atoms with E-state index in [0.717, 1.165) is 10.9 Å². The van der Waals surface area contributed by atoms with Crippen molar-refractivity contribution in [2.75, 3.05) is 0 Å². The second-order valence-corrected chi connectivity index (χ2v) is 5.24. The zero-order valence-corrected chi connectivity index (χ0v) is 11.0. The van der Waals surface area contributed by atoms with Crippen LogP contribution in [0, 0.1) is 0 Å². The number of halogens is 1. The van der Waals surface area contributed by atoms with E-state index < -0.39 is 0 Å². The van der Waals surface area contributed by atoms with Crippen molar-refractivity contribution < 1.29 is 4.74 Å². The van der Waals surface area contributed by atoms with E-state index in [2.05, 4.69) is 58.4 Å². The molecule has 0 spiro atoms. The summed E-state index contributed by atoms with van der Waals surface area (Å²) in [6.45, 7) is 0.716. The number of rotatable bonds is 1.